The van der Waals surface area contributed by atoms with Crippen LogP contribution in [0.25, 0.3) is 0 Å². The van der Waals surface area contributed by atoms with E-state index in [2.05, 4.69) is 10.5 Å². The number of ether oxygens (including phenoxy) is 1. The van der Waals surface area contributed by atoms with Crippen molar-refractivity contribution in [3.8, 4) is 5.75 Å². The van der Waals surface area contributed by atoms with Gasteiger partial charge in [0.15, 0.2) is 6.61 Å². The van der Waals surface area contributed by atoms with E-state index in [0.29, 0.717) is 17.0 Å². The Morgan fingerprint density at radius 1 is 1.03 bits per heavy atom. The minimum atomic E-state index is -0.457. The molecular weight excluding hydrogens is 386 g/mol. The number of nitro benzene ring substituents is 1. The van der Waals surface area contributed by atoms with Crippen molar-refractivity contribution in [1.82, 2.24) is 0 Å². The van der Waals surface area contributed by atoms with Crippen LogP contribution in [0.3, 0.4) is 0 Å². The maximum Gasteiger partial charge on any atom is 0.269 e. The number of oxime groups is 1. The fraction of sp³-hybridized carbons (Fsp3) is 0.0909. The molecule has 1 N–H and O–H groups in total. The van der Waals surface area contributed by atoms with Crippen LogP contribution in [0.2, 0.25) is 0 Å². The van der Waals surface area contributed by atoms with Crippen molar-refractivity contribution in [3.05, 3.63) is 100 Å². The smallest absolute Gasteiger partial charge is 0.269 e. The van der Waals surface area contributed by atoms with E-state index in [4.69, 9.17) is 9.57 Å². The van der Waals surface area contributed by atoms with Crippen LogP contribution in [-0.4, -0.2) is 23.7 Å². The molecule has 0 aliphatic rings. The molecule has 0 radical (unpaired) electrons. The average Bonchev–Trinajstić information content (AvgIpc) is 2.77. The van der Waals surface area contributed by atoms with E-state index in [-0.39, 0.29) is 24.8 Å². The van der Waals surface area contributed by atoms with Gasteiger partial charge in [-0.15, -0.1) is 0 Å². The summed E-state index contributed by atoms with van der Waals surface area (Å²) >= 11 is 0. The first-order chi connectivity index (χ1) is 14.6. The van der Waals surface area contributed by atoms with Gasteiger partial charge in [-0.05, 0) is 47.5 Å². The highest BCUT2D eigenvalue weighted by atomic mass is 16.6. The second kappa shape index (κ2) is 10.4. The van der Waals surface area contributed by atoms with E-state index >= 15 is 0 Å². The van der Waals surface area contributed by atoms with Crippen molar-refractivity contribution < 1.29 is 19.3 Å². The Morgan fingerprint density at radius 3 is 2.53 bits per heavy atom. The number of amides is 1. The predicted molar refractivity (Wildman–Crippen MR) is 112 cm³/mol. The number of carbonyl (C=O) groups is 1. The van der Waals surface area contributed by atoms with E-state index in [1.807, 2.05) is 18.2 Å². The van der Waals surface area contributed by atoms with Gasteiger partial charge < -0.3 is 14.9 Å². The number of nitrogens with zero attached hydrogens (tertiary/aromatic N) is 2. The summed E-state index contributed by atoms with van der Waals surface area (Å²) in [6.45, 7) is 0.0184. The second-order valence-corrected chi connectivity index (χ2v) is 6.21. The van der Waals surface area contributed by atoms with Crippen LogP contribution in [0, 0.1) is 10.1 Å². The minimum absolute atomic E-state index is 0.00752. The highest BCUT2D eigenvalue weighted by Crippen LogP contribution is 2.14. The highest BCUT2D eigenvalue weighted by Gasteiger charge is 2.06. The lowest BCUT2D eigenvalue weighted by Gasteiger charge is -2.07. The van der Waals surface area contributed by atoms with Gasteiger partial charge in [0.2, 0.25) is 0 Å². The SMILES string of the molecule is O=C(COc1ccc(/C=N\OCc2cccc([N+](=O)[O-])c2)cc1)Nc1ccccc1. The Bertz CT molecular complexity index is 1020. The van der Waals surface area contributed by atoms with Gasteiger partial charge in [0.05, 0.1) is 11.1 Å². The number of hydrogen-bond acceptors (Lipinski definition) is 6. The number of non-ortho nitro benzene ring substituents is 1. The van der Waals surface area contributed by atoms with Gasteiger partial charge in [0.25, 0.3) is 11.6 Å². The average molecular weight is 405 g/mol. The van der Waals surface area contributed by atoms with Crippen LogP contribution >= 0.6 is 0 Å². The molecule has 0 aliphatic heterocycles. The van der Waals surface area contributed by atoms with Crippen LogP contribution in [0.1, 0.15) is 11.1 Å². The molecule has 30 heavy (non-hydrogen) atoms. The molecule has 3 aromatic rings. The molecule has 0 unspecified atom stereocenters. The summed E-state index contributed by atoms with van der Waals surface area (Å²) in [7, 11) is 0. The van der Waals surface area contributed by atoms with Gasteiger partial charge >= 0.3 is 0 Å². The normalized spacial score (nSPS) is 10.5. The summed E-state index contributed by atoms with van der Waals surface area (Å²) in [6.07, 6.45) is 1.52. The zero-order chi connectivity index (χ0) is 21.2. The number of para-hydroxylation sites is 1. The van der Waals surface area contributed by atoms with Crippen LogP contribution in [0.5, 0.6) is 5.75 Å². The first-order valence-corrected chi connectivity index (χ1v) is 9.06. The third-order valence-corrected chi connectivity index (χ3v) is 3.94. The number of rotatable bonds is 9. The summed E-state index contributed by atoms with van der Waals surface area (Å²) < 4.78 is 5.47. The van der Waals surface area contributed by atoms with Crippen molar-refractivity contribution in [2.24, 2.45) is 5.16 Å². The monoisotopic (exact) mass is 405 g/mol. The minimum Gasteiger partial charge on any atom is -0.484 e. The molecule has 152 valence electrons. The molecule has 0 heterocycles. The van der Waals surface area contributed by atoms with Crippen molar-refractivity contribution in [3.63, 3.8) is 0 Å². The molecule has 0 saturated carbocycles. The zero-order valence-electron chi connectivity index (χ0n) is 15.9. The summed E-state index contributed by atoms with van der Waals surface area (Å²) in [6, 6.07) is 22.3. The van der Waals surface area contributed by atoms with Crippen molar-refractivity contribution >= 4 is 23.5 Å². The maximum atomic E-state index is 11.9. The number of carbonyl (C=O) groups excluding carboxylic acids is 1. The van der Waals surface area contributed by atoms with Gasteiger partial charge in [-0.3, -0.25) is 14.9 Å². The van der Waals surface area contributed by atoms with Crippen LogP contribution in [0.4, 0.5) is 11.4 Å². The van der Waals surface area contributed by atoms with Crippen molar-refractivity contribution in [1.29, 1.82) is 0 Å². The molecule has 0 aromatic heterocycles. The first kappa shape index (κ1) is 20.5. The fourth-order valence-electron chi connectivity index (χ4n) is 2.49. The lowest BCUT2D eigenvalue weighted by atomic mass is 10.2. The van der Waals surface area contributed by atoms with Gasteiger partial charge in [-0.1, -0.05) is 35.5 Å². The molecule has 0 bridgehead atoms. The van der Waals surface area contributed by atoms with Crippen LogP contribution in [-0.2, 0) is 16.2 Å². The Kier molecular flexibility index (Phi) is 7.10. The molecule has 0 spiro atoms. The Balaban J connectivity index is 1.43. The van der Waals surface area contributed by atoms with Gasteiger partial charge in [-0.25, -0.2) is 0 Å². The predicted octanol–water partition coefficient (Wildman–Crippen LogP) is 4.16. The highest BCUT2D eigenvalue weighted by molar-refractivity contribution is 5.91. The summed E-state index contributed by atoms with van der Waals surface area (Å²) in [5, 5.41) is 17.4. The molecule has 3 rings (SSSR count). The van der Waals surface area contributed by atoms with E-state index in [1.54, 1.807) is 48.5 Å². The molecular formula is C22H19N3O5. The lowest BCUT2D eigenvalue weighted by molar-refractivity contribution is -0.384. The van der Waals surface area contributed by atoms with E-state index in [1.165, 1.54) is 18.3 Å². The Hall–Kier alpha value is -4.20. The molecule has 0 fully saturated rings. The second-order valence-electron chi connectivity index (χ2n) is 6.21. The molecule has 0 aliphatic carbocycles. The number of nitro groups is 1. The molecule has 8 nitrogen and oxygen atoms in total. The number of hydrogen-bond donors (Lipinski definition) is 1. The standard InChI is InChI=1S/C22H19N3O5/c26-22(24-19-6-2-1-3-7-19)16-29-21-11-9-17(10-12-21)14-23-30-15-18-5-4-8-20(13-18)25(27)28/h1-14H,15-16H2,(H,24,26)/b23-14-. The summed E-state index contributed by atoms with van der Waals surface area (Å²) in [5.41, 5.74) is 2.14. The van der Waals surface area contributed by atoms with E-state index in [0.717, 1.165) is 5.56 Å². The lowest BCUT2D eigenvalue weighted by Crippen LogP contribution is -2.20. The Labute approximate surface area is 172 Å². The number of benzene rings is 3. The van der Waals surface area contributed by atoms with Crippen LogP contribution < -0.4 is 10.1 Å². The van der Waals surface area contributed by atoms with Crippen molar-refractivity contribution in [2.45, 2.75) is 6.61 Å². The molecule has 0 saturated heterocycles. The van der Waals surface area contributed by atoms with E-state index < -0.39 is 4.92 Å². The maximum absolute atomic E-state index is 11.9. The van der Waals surface area contributed by atoms with Gasteiger partial charge in [-0.2, -0.15) is 0 Å². The quantitative estimate of drug-likeness (QED) is 0.327. The Morgan fingerprint density at radius 2 is 1.80 bits per heavy atom. The van der Waals surface area contributed by atoms with Crippen molar-refractivity contribution in [2.75, 3.05) is 11.9 Å². The summed E-state index contributed by atoms with van der Waals surface area (Å²) in [4.78, 5) is 27.4. The third-order valence-electron chi connectivity index (χ3n) is 3.94. The summed E-state index contributed by atoms with van der Waals surface area (Å²) in [5.74, 6) is 0.300. The first-order valence-electron chi connectivity index (χ1n) is 9.06. The zero-order valence-corrected chi connectivity index (χ0v) is 15.9. The van der Waals surface area contributed by atoms with Gasteiger partial charge in [0, 0.05) is 17.8 Å². The van der Waals surface area contributed by atoms with E-state index in [9.17, 15) is 14.9 Å². The van der Waals surface area contributed by atoms with Gasteiger partial charge in [0.1, 0.15) is 12.4 Å². The molecule has 3 aromatic carbocycles. The number of nitrogens with one attached hydrogen (secondary N) is 1. The topological polar surface area (TPSA) is 103 Å². The fourth-order valence-corrected chi connectivity index (χ4v) is 2.49. The largest absolute Gasteiger partial charge is 0.484 e. The molecule has 0 atom stereocenters. The molecule has 1 amide bonds. The third kappa shape index (κ3) is 6.45. The number of anilines is 1. The molecule has 8 heteroatoms. The van der Waals surface area contributed by atoms with Crippen LogP contribution in [0.15, 0.2) is 84.0 Å².